The van der Waals surface area contributed by atoms with Crippen LogP contribution in [0.4, 0.5) is 0 Å². The molecule has 2 unspecified atom stereocenters. The first-order valence-corrected chi connectivity index (χ1v) is 33.8. The summed E-state index contributed by atoms with van der Waals surface area (Å²) in [6, 6.07) is 0. The molecule has 0 amide bonds. The molecule has 0 aromatic carbocycles. The van der Waals surface area contributed by atoms with Crippen molar-refractivity contribution in [2.75, 3.05) is 39.6 Å². The number of unbranched alkanes of at least 4 members (excludes halogenated alkanes) is 38. The fourth-order valence-electron chi connectivity index (χ4n) is 9.66. The fraction of sp³-hybridized carbons (Fsp3) is 0.941. The predicted molar refractivity (Wildman–Crippen MR) is 326 cm³/mol. The Bertz CT molecular complexity index is 978. The average Bonchev–Trinajstić information content (AvgIpc) is 3.42. The van der Waals surface area contributed by atoms with Crippen molar-refractivity contribution < 1.29 is 33.2 Å². The zero-order valence-corrected chi connectivity index (χ0v) is 51.7. The Balaban J connectivity index is 4.91. The van der Waals surface area contributed by atoms with Crippen molar-refractivity contribution in [3.63, 3.8) is 0 Å². The smallest absolute Gasteiger partial charge is 0.180 e. The monoisotopic (exact) mass is 1060 g/mol. The van der Waals surface area contributed by atoms with Crippen LogP contribution in [0.2, 0.25) is 0 Å². The molecule has 0 aromatic heterocycles. The standard InChI is InChI=1S/C68H134O7/c1-7-13-19-21-37-43-53-63-73-67(57-47-41-35-31-27-23-25-29-33-39-45-55-65(69-59-49-15-9-3)70-60-50-16-10-4)75-68(74-64-54-44-38-22-20-14-8-2)58-48-42-36-32-28-24-26-30-34-40-46-56-66(71-61-51-17-11-5)72-62-52-18-12-6/h47-48,57-58,65-68H,7-46,49-56,59-64H2,1-6H3. The van der Waals surface area contributed by atoms with Crippen LogP contribution in [-0.2, 0) is 33.2 Å². The molecule has 0 spiro atoms. The number of hydrogen-bond acceptors (Lipinski definition) is 7. The highest BCUT2D eigenvalue weighted by Gasteiger charge is 2.15. The van der Waals surface area contributed by atoms with Crippen LogP contribution in [0.1, 0.15) is 350 Å². The number of ether oxygens (including phenoxy) is 7. The molecule has 7 nitrogen and oxygen atoms in total. The second kappa shape index (κ2) is 65.7. The maximum atomic E-state index is 6.65. The van der Waals surface area contributed by atoms with Crippen molar-refractivity contribution in [3.05, 3.63) is 24.3 Å². The van der Waals surface area contributed by atoms with Crippen LogP contribution < -0.4 is 0 Å². The van der Waals surface area contributed by atoms with Gasteiger partial charge in [-0.15, -0.1) is 0 Å². The van der Waals surface area contributed by atoms with Crippen LogP contribution >= 0.6 is 0 Å². The highest BCUT2D eigenvalue weighted by Crippen LogP contribution is 2.19. The van der Waals surface area contributed by atoms with Crippen molar-refractivity contribution >= 4 is 0 Å². The molecule has 448 valence electrons. The molecule has 7 heteroatoms. The van der Waals surface area contributed by atoms with E-state index in [1.807, 2.05) is 0 Å². The highest BCUT2D eigenvalue weighted by atomic mass is 16.8. The van der Waals surface area contributed by atoms with Gasteiger partial charge in [0, 0.05) is 26.4 Å². The van der Waals surface area contributed by atoms with Crippen LogP contribution in [-0.4, -0.2) is 64.8 Å². The molecule has 0 aliphatic heterocycles. The zero-order chi connectivity index (χ0) is 54.3. The first-order chi connectivity index (χ1) is 37.1. The molecule has 0 radical (unpaired) electrons. The third-order valence-corrected chi connectivity index (χ3v) is 14.7. The average molecular weight is 1060 g/mol. The van der Waals surface area contributed by atoms with Gasteiger partial charge in [0.05, 0.1) is 13.2 Å². The molecule has 0 bridgehead atoms. The molecule has 0 saturated heterocycles. The van der Waals surface area contributed by atoms with Crippen LogP contribution in [0.3, 0.4) is 0 Å². The minimum absolute atomic E-state index is 0.00411. The van der Waals surface area contributed by atoms with Crippen molar-refractivity contribution in [2.45, 2.75) is 375 Å². The van der Waals surface area contributed by atoms with Gasteiger partial charge >= 0.3 is 0 Å². The molecule has 2 atom stereocenters. The molecule has 0 heterocycles. The molecule has 0 fully saturated rings. The zero-order valence-electron chi connectivity index (χ0n) is 51.7. The third kappa shape index (κ3) is 59.2. The van der Waals surface area contributed by atoms with Gasteiger partial charge in [-0.1, -0.05) is 272 Å². The van der Waals surface area contributed by atoms with E-state index in [1.54, 1.807) is 0 Å². The van der Waals surface area contributed by atoms with Crippen LogP contribution in [0.5, 0.6) is 0 Å². The van der Waals surface area contributed by atoms with Crippen molar-refractivity contribution in [1.82, 2.24) is 0 Å². The predicted octanol–water partition coefficient (Wildman–Crippen LogP) is 22.4. The second-order valence-electron chi connectivity index (χ2n) is 22.4. The molecular weight excluding hydrogens is 929 g/mol. The van der Waals surface area contributed by atoms with E-state index in [2.05, 4.69) is 65.8 Å². The summed E-state index contributed by atoms with van der Waals surface area (Å²) in [6.45, 7) is 18.4. The number of rotatable bonds is 66. The van der Waals surface area contributed by atoms with Crippen LogP contribution in [0.15, 0.2) is 24.3 Å². The molecule has 0 N–H and O–H groups in total. The Hall–Kier alpha value is -0.800. The summed E-state index contributed by atoms with van der Waals surface area (Å²) in [5.74, 6) is 0. The Morgan fingerprint density at radius 1 is 0.227 bits per heavy atom. The quantitative estimate of drug-likeness (QED) is 0.0342. The summed E-state index contributed by atoms with van der Waals surface area (Å²) in [5.41, 5.74) is 0. The van der Waals surface area contributed by atoms with E-state index in [4.69, 9.17) is 33.2 Å². The minimum atomic E-state index is -0.376. The summed E-state index contributed by atoms with van der Waals surface area (Å²) in [6.07, 6.45) is 68.3. The van der Waals surface area contributed by atoms with Gasteiger partial charge in [-0.25, -0.2) is 0 Å². The van der Waals surface area contributed by atoms with Crippen molar-refractivity contribution in [2.24, 2.45) is 0 Å². The lowest BCUT2D eigenvalue weighted by Gasteiger charge is -2.22. The lowest BCUT2D eigenvalue weighted by molar-refractivity contribution is -0.208. The van der Waals surface area contributed by atoms with Gasteiger partial charge in [0.2, 0.25) is 0 Å². The van der Waals surface area contributed by atoms with Crippen molar-refractivity contribution in [3.8, 4) is 0 Å². The number of hydrogen-bond donors (Lipinski definition) is 0. The first kappa shape index (κ1) is 74.2. The molecule has 75 heavy (non-hydrogen) atoms. The third-order valence-electron chi connectivity index (χ3n) is 14.7. The largest absolute Gasteiger partial charge is 0.353 e. The van der Waals surface area contributed by atoms with E-state index in [0.717, 1.165) is 104 Å². The van der Waals surface area contributed by atoms with Gasteiger partial charge < -0.3 is 33.2 Å². The van der Waals surface area contributed by atoms with E-state index < -0.39 is 0 Å². The molecule has 0 aliphatic rings. The summed E-state index contributed by atoms with van der Waals surface area (Å²) >= 11 is 0. The minimum Gasteiger partial charge on any atom is -0.353 e. The van der Waals surface area contributed by atoms with Gasteiger partial charge in [-0.3, -0.25) is 0 Å². The van der Waals surface area contributed by atoms with E-state index in [0.29, 0.717) is 0 Å². The molecule has 0 aliphatic carbocycles. The normalized spacial score (nSPS) is 13.0. The SMILES string of the molecule is CCCCCCCCCOC(C=CCCCCCCCCCCCC(OCCCCC)OCCCCC)OC(C=CCCCCCCCCCCCC(OCCCCC)OCCCCC)OCCCCCCCCC. The summed E-state index contributed by atoms with van der Waals surface area (Å²) in [5, 5.41) is 0. The Morgan fingerprint density at radius 2 is 0.440 bits per heavy atom. The number of allylic oxidation sites excluding steroid dienone is 2. The summed E-state index contributed by atoms with van der Waals surface area (Å²) in [4.78, 5) is 0. The fourth-order valence-corrected chi connectivity index (χ4v) is 9.66. The molecular formula is C68H134O7. The van der Waals surface area contributed by atoms with Crippen molar-refractivity contribution in [1.29, 1.82) is 0 Å². The van der Waals surface area contributed by atoms with E-state index >= 15 is 0 Å². The maximum Gasteiger partial charge on any atom is 0.180 e. The maximum absolute atomic E-state index is 6.65. The van der Waals surface area contributed by atoms with E-state index in [1.165, 1.54) is 244 Å². The first-order valence-electron chi connectivity index (χ1n) is 33.8. The summed E-state index contributed by atoms with van der Waals surface area (Å²) < 4.78 is 44.1. The lowest BCUT2D eigenvalue weighted by Crippen LogP contribution is -2.25. The van der Waals surface area contributed by atoms with Gasteiger partial charge in [0.25, 0.3) is 0 Å². The molecule has 0 aromatic rings. The van der Waals surface area contributed by atoms with Gasteiger partial charge in [-0.2, -0.15) is 0 Å². The van der Waals surface area contributed by atoms with E-state index in [9.17, 15) is 0 Å². The van der Waals surface area contributed by atoms with E-state index in [-0.39, 0.29) is 25.2 Å². The second-order valence-corrected chi connectivity index (χ2v) is 22.4. The Morgan fingerprint density at radius 3 is 0.733 bits per heavy atom. The van der Waals surface area contributed by atoms with Crippen LogP contribution in [0.25, 0.3) is 0 Å². The summed E-state index contributed by atoms with van der Waals surface area (Å²) in [7, 11) is 0. The molecule has 0 rings (SSSR count). The lowest BCUT2D eigenvalue weighted by atomic mass is 10.1. The topological polar surface area (TPSA) is 64.6 Å². The van der Waals surface area contributed by atoms with Gasteiger partial charge in [0.15, 0.2) is 25.2 Å². The van der Waals surface area contributed by atoms with Crippen LogP contribution in [0, 0.1) is 0 Å². The van der Waals surface area contributed by atoms with Gasteiger partial charge in [-0.05, 0) is 102 Å². The Kier molecular flexibility index (Phi) is 65.0. The highest BCUT2D eigenvalue weighted by molar-refractivity contribution is 4.90. The van der Waals surface area contributed by atoms with Gasteiger partial charge in [0.1, 0.15) is 0 Å². The Labute approximate surface area is 470 Å². The molecule has 0 saturated carbocycles.